The van der Waals surface area contributed by atoms with Crippen molar-refractivity contribution >= 4 is 5.57 Å². The lowest BCUT2D eigenvalue weighted by atomic mass is 9.99. The maximum Gasteiger partial charge on any atom is -0.0199 e. The first-order valence-corrected chi connectivity index (χ1v) is 5.50. The van der Waals surface area contributed by atoms with Gasteiger partial charge in [-0.1, -0.05) is 51.1 Å². The average Bonchev–Trinajstić information content (AvgIpc) is 2.30. The Bertz CT molecular complexity index is 282. The summed E-state index contributed by atoms with van der Waals surface area (Å²) in [6.45, 7) is 10.4. The van der Waals surface area contributed by atoms with Crippen molar-refractivity contribution in [3.63, 3.8) is 0 Å². The summed E-state index contributed by atoms with van der Waals surface area (Å²) in [5.41, 5.74) is 4.20. The summed E-state index contributed by atoms with van der Waals surface area (Å²) in [5.74, 6) is 0. The largest absolute Gasteiger partial charge is 0.0841 e. The predicted octanol–water partition coefficient (Wildman–Crippen LogP) is 4.70. The molecule has 0 saturated carbocycles. The fraction of sp³-hybridized carbons (Fsp3) is 0.429. The SMILES string of the molecule is C/C=C(/C)c1ccccc1CC.CC. The second-order valence-electron chi connectivity index (χ2n) is 2.98. The molecule has 0 atom stereocenters. The first kappa shape index (κ1) is 13.0. The van der Waals surface area contributed by atoms with E-state index in [4.69, 9.17) is 0 Å². The van der Waals surface area contributed by atoms with E-state index >= 15 is 0 Å². The highest BCUT2D eigenvalue weighted by molar-refractivity contribution is 5.66. The van der Waals surface area contributed by atoms with E-state index < -0.39 is 0 Å². The lowest BCUT2D eigenvalue weighted by Gasteiger charge is -2.06. The van der Waals surface area contributed by atoms with Crippen molar-refractivity contribution in [1.29, 1.82) is 0 Å². The van der Waals surface area contributed by atoms with Gasteiger partial charge in [0.25, 0.3) is 0 Å². The zero-order chi connectivity index (χ0) is 11.0. The second kappa shape index (κ2) is 7.37. The maximum absolute atomic E-state index is 2.20. The zero-order valence-corrected chi connectivity index (χ0v) is 10.1. The summed E-state index contributed by atoms with van der Waals surface area (Å²) in [7, 11) is 0. The molecule has 78 valence electrons. The third kappa shape index (κ3) is 3.37. The van der Waals surface area contributed by atoms with Gasteiger partial charge in [-0.25, -0.2) is 0 Å². The van der Waals surface area contributed by atoms with Crippen LogP contribution in [0.5, 0.6) is 0 Å². The predicted molar refractivity (Wildman–Crippen MR) is 66.5 cm³/mol. The third-order valence-electron chi connectivity index (χ3n) is 2.26. The number of benzene rings is 1. The fourth-order valence-corrected chi connectivity index (χ4v) is 1.37. The Morgan fingerprint density at radius 1 is 1.21 bits per heavy atom. The summed E-state index contributed by atoms with van der Waals surface area (Å²) in [6.07, 6.45) is 3.27. The van der Waals surface area contributed by atoms with Crippen LogP contribution in [-0.2, 0) is 6.42 Å². The van der Waals surface area contributed by atoms with E-state index in [1.54, 1.807) is 0 Å². The Balaban J connectivity index is 0.000000791. The van der Waals surface area contributed by atoms with Gasteiger partial charge in [-0.2, -0.15) is 0 Å². The molecular weight excluding hydrogens is 168 g/mol. The van der Waals surface area contributed by atoms with Crippen LogP contribution in [0.25, 0.3) is 5.57 Å². The minimum absolute atomic E-state index is 1.11. The molecule has 0 unspecified atom stereocenters. The number of aryl methyl sites for hydroxylation is 1. The van der Waals surface area contributed by atoms with Crippen LogP contribution in [0.4, 0.5) is 0 Å². The Hall–Kier alpha value is -1.04. The minimum Gasteiger partial charge on any atom is -0.0841 e. The summed E-state index contributed by atoms with van der Waals surface area (Å²) >= 11 is 0. The lowest BCUT2D eigenvalue weighted by Crippen LogP contribution is -1.88. The molecule has 0 fully saturated rings. The highest BCUT2D eigenvalue weighted by atomic mass is 14.0. The highest BCUT2D eigenvalue weighted by Gasteiger charge is 1.99. The first-order chi connectivity index (χ1) is 6.79. The van der Waals surface area contributed by atoms with Crippen LogP contribution >= 0.6 is 0 Å². The van der Waals surface area contributed by atoms with E-state index in [0.29, 0.717) is 0 Å². The minimum atomic E-state index is 1.11. The average molecular weight is 190 g/mol. The van der Waals surface area contributed by atoms with Crippen LogP contribution in [0.15, 0.2) is 30.3 Å². The quantitative estimate of drug-likeness (QED) is 0.634. The van der Waals surface area contributed by atoms with Crippen molar-refractivity contribution in [2.45, 2.75) is 41.0 Å². The van der Waals surface area contributed by atoms with Gasteiger partial charge in [0.05, 0.1) is 0 Å². The van der Waals surface area contributed by atoms with Crippen molar-refractivity contribution in [2.75, 3.05) is 0 Å². The number of rotatable bonds is 2. The van der Waals surface area contributed by atoms with Crippen molar-refractivity contribution in [2.24, 2.45) is 0 Å². The molecule has 0 N–H and O–H groups in total. The molecule has 0 saturated heterocycles. The Morgan fingerprint density at radius 2 is 1.79 bits per heavy atom. The molecule has 0 aliphatic heterocycles. The summed E-state index contributed by atoms with van der Waals surface area (Å²) in [6, 6.07) is 8.59. The summed E-state index contributed by atoms with van der Waals surface area (Å²) in [4.78, 5) is 0. The van der Waals surface area contributed by atoms with E-state index in [-0.39, 0.29) is 0 Å². The van der Waals surface area contributed by atoms with Gasteiger partial charge in [0.2, 0.25) is 0 Å². The first-order valence-electron chi connectivity index (χ1n) is 5.50. The standard InChI is InChI=1S/C12H16.C2H6/c1-4-10(3)12-9-7-6-8-11(12)5-2;1-2/h4,6-9H,5H2,1-3H3;1-2H3/b10-4-;. The third-order valence-corrected chi connectivity index (χ3v) is 2.26. The van der Waals surface area contributed by atoms with Crippen molar-refractivity contribution in [3.8, 4) is 0 Å². The molecule has 0 aliphatic rings. The monoisotopic (exact) mass is 190 g/mol. The van der Waals surface area contributed by atoms with Gasteiger partial charge in [-0.3, -0.25) is 0 Å². The molecule has 1 aromatic carbocycles. The van der Waals surface area contributed by atoms with Gasteiger partial charge < -0.3 is 0 Å². The van der Waals surface area contributed by atoms with Crippen LogP contribution in [0, 0.1) is 0 Å². The number of hydrogen-bond donors (Lipinski definition) is 0. The Kier molecular flexibility index (Phi) is 6.82. The van der Waals surface area contributed by atoms with E-state index in [1.807, 2.05) is 13.8 Å². The number of hydrogen-bond acceptors (Lipinski definition) is 0. The molecule has 0 aliphatic carbocycles. The van der Waals surface area contributed by atoms with Crippen LogP contribution in [-0.4, -0.2) is 0 Å². The topological polar surface area (TPSA) is 0 Å². The van der Waals surface area contributed by atoms with E-state index in [0.717, 1.165) is 6.42 Å². The molecular formula is C14H22. The Labute approximate surface area is 88.7 Å². The van der Waals surface area contributed by atoms with Gasteiger partial charge in [-0.15, -0.1) is 0 Å². The molecule has 0 spiro atoms. The van der Waals surface area contributed by atoms with Crippen LogP contribution in [0.2, 0.25) is 0 Å². The maximum atomic E-state index is 2.20. The van der Waals surface area contributed by atoms with Crippen molar-refractivity contribution in [1.82, 2.24) is 0 Å². The van der Waals surface area contributed by atoms with Gasteiger partial charge >= 0.3 is 0 Å². The summed E-state index contributed by atoms with van der Waals surface area (Å²) < 4.78 is 0. The molecule has 0 bridgehead atoms. The van der Waals surface area contributed by atoms with Crippen LogP contribution in [0.3, 0.4) is 0 Å². The molecule has 0 heteroatoms. The lowest BCUT2D eigenvalue weighted by molar-refractivity contribution is 1.13. The van der Waals surface area contributed by atoms with E-state index in [2.05, 4.69) is 51.1 Å². The molecule has 14 heavy (non-hydrogen) atoms. The van der Waals surface area contributed by atoms with Gasteiger partial charge in [-0.05, 0) is 37.0 Å². The van der Waals surface area contributed by atoms with Gasteiger partial charge in [0.15, 0.2) is 0 Å². The molecule has 0 radical (unpaired) electrons. The normalized spacial score (nSPS) is 10.5. The number of allylic oxidation sites excluding steroid dienone is 2. The fourth-order valence-electron chi connectivity index (χ4n) is 1.37. The smallest absolute Gasteiger partial charge is 0.0199 e. The molecule has 0 heterocycles. The molecule has 0 nitrogen and oxygen atoms in total. The summed E-state index contributed by atoms with van der Waals surface area (Å²) in [5, 5.41) is 0. The van der Waals surface area contributed by atoms with Crippen molar-refractivity contribution < 1.29 is 0 Å². The molecule has 0 amide bonds. The highest BCUT2D eigenvalue weighted by Crippen LogP contribution is 2.18. The van der Waals surface area contributed by atoms with E-state index in [9.17, 15) is 0 Å². The van der Waals surface area contributed by atoms with Crippen molar-refractivity contribution in [3.05, 3.63) is 41.5 Å². The second-order valence-corrected chi connectivity index (χ2v) is 2.98. The van der Waals surface area contributed by atoms with E-state index in [1.165, 1.54) is 16.7 Å². The molecule has 1 rings (SSSR count). The van der Waals surface area contributed by atoms with Gasteiger partial charge in [0, 0.05) is 0 Å². The Morgan fingerprint density at radius 3 is 2.29 bits per heavy atom. The zero-order valence-electron chi connectivity index (χ0n) is 10.1. The van der Waals surface area contributed by atoms with Gasteiger partial charge in [0.1, 0.15) is 0 Å². The molecule has 1 aromatic rings. The van der Waals surface area contributed by atoms with Crippen LogP contribution in [0.1, 0.15) is 45.7 Å². The van der Waals surface area contributed by atoms with Crippen LogP contribution < -0.4 is 0 Å². The molecule has 0 aromatic heterocycles.